The summed E-state index contributed by atoms with van der Waals surface area (Å²) in [6.45, 7) is 4.66. The van der Waals surface area contributed by atoms with Crippen LogP contribution in [0.4, 0.5) is 9.39 Å². The number of amides is 1. The minimum atomic E-state index is -0.517. The van der Waals surface area contributed by atoms with Crippen LogP contribution in [0.1, 0.15) is 0 Å². The lowest BCUT2D eigenvalue weighted by Gasteiger charge is -2.43. The first kappa shape index (κ1) is 20.7. The van der Waals surface area contributed by atoms with Crippen molar-refractivity contribution in [2.45, 2.75) is 6.04 Å². The lowest BCUT2D eigenvalue weighted by molar-refractivity contribution is -0.130. The molecule has 0 saturated carbocycles. The summed E-state index contributed by atoms with van der Waals surface area (Å²) in [6.07, 6.45) is 1.31. The van der Waals surface area contributed by atoms with Gasteiger partial charge in [0, 0.05) is 31.1 Å². The zero-order chi connectivity index (χ0) is 22.6. The smallest absolute Gasteiger partial charge is 0.246 e. The number of carbonyl (C=O) groups excluding carboxylic acids is 1. The van der Waals surface area contributed by atoms with Gasteiger partial charge in [-0.2, -0.15) is 4.37 Å². The number of hydrogen-bond donors (Lipinski definition) is 1. The molecule has 1 fully saturated rings. The second-order valence-corrected chi connectivity index (χ2v) is 9.02. The Balaban J connectivity index is 1.58. The van der Waals surface area contributed by atoms with Crippen LogP contribution in [0.2, 0.25) is 5.02 Å². The van der Waals surface area contributed by atoms with Gasteiger partial charge in [-0.1, -0.05) is 42.4 Å². The first-order valence-corrected chi connectivity index (χ1v) is 11.2. The van der Waals surface area contributed by atoms with E-state index in [9.17, 15) is 9.90 Å². The molecule has 1 aliphatic rings. The number of aromatic hydroxyl groups is 1. The van der Waals surface area contributed by atoms with Gasteiger partial charge in [0.1, 0.15) is 16.3 Å². The molecule has 32 heavy (non-hydrogen) atoms. The highest BCUT2D eigenvalue weighted by Crippen LogP contribution is 2.44. The third-order valence-corrected chi connectivity index (χ3v) is 7.23. The van der Waals surface area contributed by atoms with Crippen molar-refractivity contribution in [1.82, 2.24) is 9.27 Å². The van der Waals surface area contributed by atoms with Crippen LogP contribution in [0.25, 0.3) is 32.8 Å². The average molecular weight is 468 g/mol. The molecule has 1 aliphatic heterocycles. The topological polar surface area (TPSA) is 56.7 Å². The second kappa shape index (κ2) is 7.76. The van der Waals surface area contributed by atoms with E-state index in [1.54, 1.807) is 17.0 Å². The summed E-state index contributed by atoms with van der Waals surface area (Å²) in [5.74, 6) is -0.575. The zero-order valence-corrected chi connectivity index (χ0v) is 18.8. The molecule has 1 aromatic heterocycles. The predicted octanol–water partition coefficient (Wildman–Crippen LogP) is 5.45. The van der Waals surface area contributed by atoms with Crippen molar-refractivity contribution in [3.05, 3.63) is 66.0 Å². The van der Waals surface area contributed by atoms with Crippen molar-refractivity contribution < 1.29 is 14.3 Å². The number of halogens is 2. The molecule has 0 atom stereocenters. The van der Waals surface area contributed by atoms with Crippen LogP contribution in [-0.4, -0.2) is 46.5 Å². The molecule has 8 heteroatoms. The Morgan fingerprint density at radius 3 is 2.81 bits per heavy atom. The van der Waals surface area contributed by atoms with Crippen molar-refractivity contribution in [1.29, 1.82) is 0 Å². The Bertz CT molecular complexity index is 1400. The van der Waals surface area contributed by atoms with E-state index in [4.69, 9.17) is 11.6 Å². The quantitative estimate of drug-likeness (QED) is 0.405. The molecule has 0 radical (unpaired) electrons. The van der Waals surface area contributed by atoms with E-state index >= 15 is 4.39 Å². The largest absolute Gasteiger partial charge is 0.508 e. The van der Waals surface area contributed by atoms with Crippen LogP contribution in [0.5, 0.6) is 5.75 Å². The minimum Gasteiger partial charge on any atom is -0.508 e. The fraction of sp³-hybridized carbons (Fsp3) is 0.167. The van der Waals surface area contributed by atoms with E-state index in [1.165, 1.54) is 23.7 Å². The van der Waals surface area contributed by atoms with Gasteiger partial charge in [0.25, 0.3) is 0 Å². The molecule has 4 aromatic rings. The normalized spacial score (nSPS) is 14.0. The van der Waals surface area contributed by atoms with E-state index in [1.807, 2.05) is 36.2 Å². The van der Waals surface area contributed by atoms with E-state index in [0.29, 0.717) is 24.0 Å². The fourth-order valence-corrected chi connectivity index (χ4v) is 5.36. The van der Waals surface area contributed by atoms with Crippen LogP contribution < -0.4 is 4.90 Å². The SMILES string of the molecule is C=CC(=O)N1CC(N(C)c2snc3c(F)c(-c4cc(O)cc5ccccc45)c(Cl)cc23)C1. The van der Waals surface area contributed by atoms with Gasteiger partial charge >= 0.3 is 0 Å². The van der Waals surface area contributed by atoms with Gasteiger partial charge in [-0.25, -0.2) is 4.39 Å². The first-order chi connectivity index (χ1) is 15.4. The number of rotatable bonds is 4. The molecule has 5 rings (SSSR count). The summed E-state index contributed by atoms with van der Waals surface area (Å²) in [6, 6.07) is 12.5. The van der Waals surface area contributed by atoms with Crippen LogP contribution in [0, 0.1) is 5.82 Å². The number of likely N-dealkylation sites (N-methyl/N-ethyl adjacent to an activating group) is 1. The number of likely N-dealkylation sites (tertiary alicyclic amines) is 1. The number of phenols is 1. The molecular weight excluding hydrogens is 449 g/mol. The molecule has 3 aromatic carbocycles. The number of carbonyl (C=O) groups is 1. The lowest BCUT2D eigenvalue weighted by atomic mass is 9.96. The van der Waals surface area contributed by atoms with Crippen LogP contribution >= 0.6 is 23.1 Å². The highest BCUT2D eigenvalue weighted by atomic mass is 35.5. The number of fused-ring (bicyclic) bond motifs is 2. The Hall–Kier alpha value is -3.16. The average Bonchev–Trinajstić information content (AvgIpc) is 3.16. The van der Waals surface area contributed by atoms with E-state index in [2.05, 4.69) is 11.0 Å². The molecule has 0 unspecified atom stereocenters. The molecule has 0 spiro atoms. The molecule has 0 aliphatic carbocycles. The third-order valence-electron chi connectivity index (χ3n) is 5.98. The number of nitrogens with zero attached hydrogens (tertiary/aromatic N) is 3. The number of phenolic OH excluding ortho intramolecular Hbond substituents is 1. The summed E-state index contributed by atoms with van der Waals surface area (Å²) in [7, 11) is 1.91. The lowest BCUT2D eigenvalue weighted by Crippen LogP contribution is -2.60. The van der Waals surface area contributed by atoms with Crippen molar-refractivity contribution in [2.75, 3.05) is 25.0 Å². The minimum absolute atomic E-state index is 0.0385. The van der Waals surface area contributed by atoms with E-state index in [0.717, 1.165) is 15.8 Å². The van der Waals surface area contributed by atoms with E-state index < -0.39 is 5.82 Å². The summed E-state index contributed by atoms with van der Waals surface area (Å²) < 4.78 is 20.1. The van der Waals surface area contributed by atoms with Crippen LogP contribution in [-0.2, 0) is 4.79 Å². The molecule has 162 valence electrons. The maximum absolute atomic E-state index is 15.8. The Kier molecular flexibility index (Phi) is 5.03. The van der Waals surface area contributed by atoms with Gasteiger partial charge in [0.15, 0.2) is 5.82 Å². The maximum atomic E-state index is 15.8. The predicted molar refractivity (Wildman–Crippen MR) is 128 cm³/mol. The van der Waals surface area contributed by atoms with Gasteiger partial charge < -0.3 is 14.9 Å². The van der Waals surface area contributed by atoms with Crippen molar-refractivity contribution >= 4 is 55.7 Å². The molecule has 2 heterocycles. The molecule has 5 nitrogen and oxygen atoms in total. The van der Waals surface area contributed by atoms with Gasteiger partial charge in [-0.15, -0.1) is 0 Å². The Labute approximate surface area is 193 Å². The summed E-state index contributed by atoms with van der Waals surface area (Å²) >= 11 is 7.81. The zero-order valence-electron chi connectivity index (χ0n) is 17.2. The van der Waals surface area contributed by atoms with Gasteiger partial charge in [-0.05, 0) is 52.1 Å². The molecular formula is C24H19ClFN3O2S. The number of hydrogen-bond acceptors (Lipinski definition) is 5. The molecule has 1 N–H and O–H groups in total. The highest BCUT2D eigenvalue weighted by molar-refractivity contribution is 7.11. The molecule has 1 amide bonds. The highest BCUT2D eigenvalue weighted by Gasteiger charge is 2.34. The molecule has 1 saturated heterocycles. The second-order valence-electron chi connectivity index (χ2n) is 7.86. The van der Waals surface area contributed by atoms with Crippen LogP contribution in [0.15, 0.2) is 55.1 Å². The number of benzene rings is 3. The number of anilines is 1. The summed E-state index contributed by atoms with van der Waals surface area (Å²) in [4.78, 5) is 15.5. The van der Waals surface area contributed by atoms with Gasteiger partial charge in [0.2, 0.25) is 5.91 Å². The summed E-state index contributed by atoms with van der Waals surface area (Å²) in [5, 5.41) is 13.5. The van der Waals surface area contributed by atoms with Gasteiger partial charge in [0.05, 0.1) is 11.1 Å². The molecule has 0 bridgehead atoms. The number of aromatic nitrogens is 1. The maximum Gasteiger partial charge on any atom is 0.246 e. The third kappa shape index (κ3) is 3.20. The Morgan fingerprint density at radius 1 is 1.31 bits per heavy atom. The standard InChI is InChI=1S/C24H19ClFN3O2S/c1-3-20(31)29-11-14(12-29)28(2)24-18-10-19(25)21(22(26)23(18)27-32-24)17-9-15(30)8-13-6-4-5-7-16(13)17/h3-10,14,30H,1,11-12H2,2H3. The van der Waals surface area contributed by atoms with Crippen molar-refractivity contribution in [2.24, 2.45) is 0 Å². The first-order valence-electron chi connectivity index (χ1n) is 10.0. The van der Waals surface area contributed by atoms with Crippen molar-refractivity contribution in [3.8, 4) is 16.9 Å². The monoisotopic (exact) mass is 467 g/mol. The van der Waals surface area contributed by atoms with Gasteiger partial charge in [-0.3, -0.25) is 4.79 Å². The fourth-order valence-electron chi connectivity index (χ4n) is 4.18. The Morgan fingerprint density at radius 2 is 2.06 bits per heavy atom. The van der Waals surface area contributed by atoms with Crippen molar-refractivity contribution in [3.63, 3.8) is 0 Å². The summed E-state index contributed by atoms with van der Waals surface area (Å²) in [5.41, 5.74) is 0.977. The van der Waals surface area contributed by atoms with Crippen LogP contribution in [0.3, 0.4) is 0 Å². The van der Waals surface area contributed by atoms with E-state index in [-0.39, 0.29) is 33.8 Å².